The first kappa shape index (κ1) is 12.5. The first-order valence-electron chi connectivity index (χ1n) is 5.88. The van der Waals surface area contributed by atoms with Gasteiger partial charge in [0, 0.05) is 25.7 Å². The topological polar surface area (TPSA) is 49.6 Å². The number of carbonyl (C=O) groups is 1. The highest BCUT2D eigenvalue weighted by Gasteiger charge is 2.27. The number of rotatable bonds is 3. The van der Waals surface area contributed by atoms with E-state index in [0.717, 1.165) is 32.6 Å². The Morgan fingerprint density at radius 2 is 2.13 bits per heavy atom. The lowest BCUT2D eigenvalue weighted by Crippen LogP contribution is -2.56. The van der Waals surface area contributed by atoms with E-state index in [4.69, 9.17) is 5.73 Å². The molecule has 0 spiro atoms. The molecule has 1 rings (SSSR count). The summed E-state index contributed by atoms with van der Waals surface area (Å²) in [6.07, 6.45) is 0.723. The zero-order valence-electron chi connectivity index (χ0n) is 10.1. The van der Waals surface area contributed by atoms with E-state index in [1.54, 1.807) is 0 Å². The van der Waals surface area contributed by atoms with Crippen LogP contribution in [0.15, 0.2) is 0 Å². The fourth-order valence-corrected chi connectivity index (χ4v) is 2.07. The van der Waals surface area contributed by atoms with Crippen LogP contribution in [-0.2, 0) is 4.79 Å². The molecule has 1 aliphatic heterocycles. The third-order valence-electron chi connectivity index (χ3n) is 3.24. The van der Waals surface area contributed by atoms with E-state index in [-0.39, 0.29) is 11.9 Å². The maximum Gasteiger partial charge on any atom is 0.239 e. The molecular formula is C11H23N3O. The van der Waals surface area contributed by atoms with Gasteiger partial charge in [0.25, 0.3) is 0 Å². The Bertz CT molecular complexity index is 220. The zero-order valence-corrected chi connectivity index (χ0v) is 10.1. The van der Waals surface area contributed by atoms with Crippen molar-refractivity contribution in [1.29, 1.82) is 0 Å². The number of hydrogen-bond acceptors (Lipinski definition) is 3. The van der Waals surface area contributed by atoms with Crippen molar-refractivity contribution in [2.24, 2.45) is 5.73 Å². The summed E-state index contributed by atoms with van der Waals surface area (Å²) in [6, 6.07) is 0.141. The molecule has 1 amide bonds. The van der Waals surface area contributed by atoms with Crippen molar-refractivity contribution in [3.63, 3.8) is 0 Å². The summed E-state index contributed by atoms with van der Waals surface area (Å²) in [5, 5.41) is 0. The van der Waals surface area contributed by atoms with Crippen LogP contribution in [0.25, 0.3) is 0 Å². The highest BCUT2D eigenvalue weighted by atomic mass is 16.2. The van der Waals surface area contributed by atoms with E-state index < -0.39 is 0 Å². The molecule has 1 aliphatic rings. The Morgan fingerprint density at radius 1 is 1.47 bits per heavy atom. The molecular weight excluding hydrogens is 190 g/mol. The highest BCUT2D eigenvalue weighted by Crippen LogP contribution is 2.10. The minimum Gasteiger partial charge on any atom is -0.339 e. The molecule has 4 nitrogen and oxygen atoms in total. The van der Waals surface area contributed by atoms with Crippen molar-refractivity contribution >= 4 is 5.91 Å². The van der Waals surface area contributed by atoms with Crippen molar-refractivity contribution in [2.75, 3.05) is 26.2 Å². The molecule has 88 valence electrons. The molecule has 0 saturated carbocycles. The lowest BCUT2D eigenvalue weighted by atomic mass is 10.1. The summed E-state index contributed by atoms with van der Waals surface area (Å²) < 4.78 is 0. The van der Waals surface area contributed by atoms with E-state index in [1.165, 1.54) is 0 Å². The second-order valence-corrected chi connectivity index (χ2v) is 4.28. The largest absolute Gasteiger partial charge is 0.339 e. The molecule has 2 atom stereocenters. The third kappa shape index (κ3) is 2.92. The van der Waals surface area contributed by atoms with Gasteiger partial charge < -0.3 is 10.6 Å². The van der Waals surface area contributed by atoms with E-state index >= 15 is 0 Å². The minimum atomic E-state index is -0.314. The number of likely N-dealkylation sites (N-methyl/N-ethyl adjacent to an activating group) is 1. The van der Waals surface area contributed by atoms with Gasteiger partial charge in [-0.05, 0) is 19.9 Å². The summed E-state index contributed by atoms with van der Waals surface area (Å²) in [6.45, 7) is 9.95. The zero-order chi connectivity index (χ0) is 11.4. The van der Waals surface area contributed by atoms with Gasteiger partial charge in [0.05, 0.1) is 6.04 Å². The van der Waals surface area contributed by atoms with Crippen LogP contribution in [0.1, 0.15) is 27.2 Å². The number of nitrogens with zero attached hydrogens (tertiary/aromatic N) is 2. The van der Waals surface area contributed by atoms with Gasteiger partial charge in [0.2, 0.25) is 5.91 Å². The smallest absolute Gasteiger partial charge is 0.239 e. The Balaban J connectivity index is 2.50. The fourth-order valence-electron chi connectivity index (χ4n) is 2.07. The lowest BCUT2D eigenvalue weighted by Gasteiger charge is -2.40. The number of nitrogens with two attached hydrogens (primary N) is 1. The van der Waals surface area contributed by atoms with Gasteiger partial charge in [-0.15, -0.1) is 0 Å². The standard InChI is InChI=1S/C11H23N3O/c1-4-10(12)11(15)14-7-6-13(5-2)9(3)8-14/h9-10H,4-8,12H2,1-3H3/t9?,10-/m0/s1. The van der Waals surface area contributed by atoms with Gasteiger partial charge in [-0.25, -0.2) is 0 Å². The molecule has 0 radical (unpaired) electrons. The number of hydrogen-bond donors (Lipinski definition) is 1. The summed E-state index contributed by atoms with van der Waals surface area (Å²) in [5.41, 5.74) is 5.76. The molecule has 15 heavy (non-hydrogen) atoms. The molecule has 1 fully saturated rings. The molecule has 4 heteroatoms. The number of piperazine rings is 1. The van der Waals surface area contributed by atoms with Crippen LogP contribution in [0.3, 0.4) is 0 Å². The van der Waals surface area contributed by atoms with E-state index in [2.05, 4.69) is 18.7 Å². The van der Waals surface area contributed by atoms with Crippen LogP contribution < -0.4 is 5.73 Å². The first-order valence-corrected chi connectivity index (χ1v) is 5.88. The van der Waals surface area contributed by atoms with Gasteiger partial charge in [-0.3, -0.25) is 9.69 Å². The minimum absolute atomic E-state index is 0.111. The molecule has 2 N–H and O–H groups in total. The van der Waals surface area contributed by atoms with Gasteiger partial charge in [0.1, 0.15) is 0 Å². The van der Waals surface area contributed by atoms with Crippen molar-refractivity contribution in [3.05, 3.63) is 0 Å². The third-order valence-corrected chi connectivity index (χ3v) is 3.24. The second-order valence-electron chi connectivity index (χ2n) is 4.28. The Kier molecular flexibility index (Phi) is 4.54. The fraction of sp³-hybridized carbons (Fsp3) is 0.909. The Hall–Kier alpha value is -0.610. The molecule has 1 heterocycles. The predicted molar refractivity (Wildman–Crippen MR) is 61.6 cm³/mol. The average molecular weight is 213 g/mol. The summed E-state index contributed by atoms with van der Waals surface area (Å²) in [4.78, 5) is 16.1. The molecule has 0 aliphatic carbocycles. The van der Waals surface area contributed by atoms with E-state index in [1.807, 2.05) is 11.8 Å². The quantitative estimate of drug-likeness (QED) is 0.732. The average Bonchev–Trinajstić information content (AvgIpc) is 2.26. The van der Waals surface area contributed by atoms with Crippen LogP contribution in [0.5, 0.6) is 0 Å². The van der Waals surface area contributed by atoms with Gasteiger partial charge >= 0.3 is 0 Å². The van der Waals surface area contributed by atoms with E-state index in [9.17, 15) is 4.79 Å². The molecule has 0 aromatic rings. The SMILES string of the molecule is CC[C@H](N)C(=O)N1CCN(CC)C(C)C1. The van der Waals surface area contributed by atoms with Crippen LogP contribution in [-0.4, -0.2) is 54.0 Å². The summed E-state index contributed by atoms with van der Waals surface area (Å²) in [5.74, 6) is 0.111. The normalized spacial score (nSPS) is 25.3. The predicted octanol–water partition coefficient (Wildman–Crippen LogP) is 0.276. The van der Waals surface area contributed by atoms with Gasteiger partial charge in [-0.2, -0.15) is 0 Å². The molecule has 0 aromatic carbocycles. The number of amides is 1. The van der Waals surface area contributed by atoms with Gasteiger partial charge in [0.15, 0.2) is 0 Å². The maximum atomic E-state index is 11.9. The van der Waals surface area contributed by atoms with Crippen LogP contribution >= 0.6 is 0 Å². The van der Waals surface area contributed by atoms with Gasteiger partial charge in [-0.1, -0.05) is 13.8 Å². The van der Waals surface area contributed by atoms with E-state index in [0.29, 0.717) is 6.04 Å². The van der Waals surface area contributed by atoms with Crippen LogP contribution in [0, 0.1) is 0 Å². The number of carbonyl (C=O) groups excluding carboxylic acids is 1. The maximum absolute atomic E-state index is 11.9. The van der Waals surface area contributed by atoms with Crippen molar-refractivity contribution < 1.29 is 4.79 Å². The molecule has 0 bridgehead atoms. The van der Waals surface area contributed by atoms with Crippen LogP contribution in [0.4, 0.5) is 0 Å². The highest BCUT2D eigenvalue weighted by molar-refractivity contribution is 5.81. The summed E-state index contributed by atoms with van der Waals surface area (Å²) in [7, 11) is 0. The monoisotopic (exact) mass is 213 g/mol. The van der Waals surface area contributed by atoms with Crippen molar-refractivity contribution in [1.82, 2.24) is 9.80 Å². The lowest BCUT2D eigenvalue weighted by molar-refractivity contribution is -0.135. The van der Waals surface area contributed by atoms with Crippen LogP contribution in [0.2, 0.25) is 0 Å². The second kappa shape index (κ2) is 5.47. The molecule has 1 saturated heterocycles. The van der Waals surface area contributed by atoms with Crippen molar-refractivity contribution in [3.8, 4) is 0 Å². The van der Waals surface area contributed by atoms with Crippen molar-refractivity contribution in [2.45, 2.75) is 39.3 Å². The molecule has 1 unspecified atom stereocenters. The Labute approximate surface area is 92.4 Å². The Morgan fingerprint density at radius 3 is 2.60 bits per heavy atom. The first-order chi connectivity index (χ1) is 7.10. The summed E-state index contributed by atoms with van der Waals surface area (Å²) >= 11 is 0. The molecule has 0 aromatic heterocycles.